The molecule has 1 saturated heterocycles. The highest BCUT2D eigenvalue weighted by Crippen LogP contribution is 2.14. The molecule has 10 heavy (non-hydrogen) atoms. The van der Waals surface area contributed by atoms with Crippen LogP contribution in [-0.4, -0.2) is 32.5 Å². The van der Waals surface area contributed by atoms with Crippen molar-refractivity contribution in [1.82, 2.24) is 0 Å². The van der Waals surface area contributed by atoms with Gasteiger partial charge in [0.05, 0.1) is 18.8 Å². The van der Waals surface area contributed by atoms with Gasteiger partial charge in [-0.05, 0) is 12.8 Å². The minimum absolute atomic E-state index is 0.0625. The maximum absolute atomic E-state index is 5.74. The van der Waals surface area contributed by atoms with Gasteiger partial charge >= 0.3 is 0 Å². The summed E-state index contributed by atoms with van der Waals surface area (Å²) in [6, 6.07) is 0.0625. The predicted molar refractivity (Wildman–Crippen MR) is 38.8 cm³/mol. The first-order valence-electron chi connectivity index (χ1n) is 3.70. The topological polar surface area (TPSA) is 44.5 Å². The Bertz CT molecular complexity index is 91.6. The number of hydrogen-bond donors (Lipinski definition) is 1. The molecule has 0 amide bonds. The third-order valence-corrected chi connectivity index (χ3v) is 1.80. The van der Waals surface area contributed by atoms with Crippen LogP contribution in [0.3, 0.4) is 0 Å². The van der Waals surface area contributed by atoms with Crippen molar-refractivity contribution >= 4 is 0 Å². The zero-order valence-corrected chi connectivity index (χ0v) is 6.38. The number of hydrogen-bond acceptors (Lipinski definition) is 3. The second-order valence-corrected chi connectivity index (χ2v) is 2.67. The fourth-order valence-electron chi connectivity index (χ4n) is 1.24. The molecular formula is C7H15NO2. The number of nitrogens with two attached hydrogens (primary N) is 1. The molecular weight excluding hydrogens is 130 g/mol. The minimum atomic E-state index is 0.0625. The summed E-state index contributed by atoms with van der Waals surface area (Å²) in [5, 5.41) is 0. The molecule has 0 aromatic heterocycles. The van der Waals surface area contributed by atoms with Crippen LogP contribution in [0.2, 0.25) is 0 Å². The van der Waals surface area contributed by atoms with Crippen molar-refractivity contribution in [3.8, 4) is 0 Å². The highest BCUT2D eigenvalue weighted by Gasteiger charge is 2.22. The predicted octanol–water partition coefficient (Wildman–Crippen LogP) is 0.139. The van der Waals surface area contributed by atoms with Gasteiger partial charge in [-0.3, -0.25) is 0 Å². The summed E-state index contributed by atoms with van der Waals surface area (Å²) in [5.41, 5.74) is 5.74. The Morgan fingerprint density at radius 1 is 1.80 bits per heavy atom. The molecule has 2 atom stereocenters. The molecule has 1 heterocycles. The van der Waals surface area contributed by atoms with E-state index in [1.165, 1.54) is 0 Å². The van der Waals surface area contributed by atoms with Crippen molar-refractivity contribution in [3.63, 3.8) is 0 Å². The van der Waals surface area contributed by atoms with Crippen molar-refractivity contribution in [2.75, 3.05) is 20.3 Å². The molecule has 3 nitrogen and oxygen atoms in total. The maximum atomic E-state index is 5.74. The number of rotatable bonds is 3. The molecule has 1 rings (SSSR count). The first-order chi connectivity index (χ1) is 4.84. The number of ether oxygens (including phenoxy) is 2. The smallest absolute Gasteiger partial charge is 0.0749 e. The van der Waals surface area contributed by atoms with Gasteiger partial charge < -0.3 is 15.2 Å². The van der Waals surface area contributed by atoms with Crippen LogP contribution in [0, 0.1) is 0 Å². The Morgan fingerprint density at radius 3 is 3.10 bits per heavy atom. The van der Waals surface area contributed by atoms with E-state index < -0.39 is 0 Å². The maximum Gasteiger partial charge on any atom is 0.0749 e. The lowest BCUT2D eigenvalue weighted by atomic mass is 10.1. The van der Waals surface area contributed by atoms with Crippen molar-refractivity contribution in [3.05, 3.63) is 0 Å². The van der Waals surface area contributed by atoms with Crippen LogP contribution in [0.5, 0.6) is 0 Å². The third-order valence-electron chi connectivity index (χ3n) is 1.80. The summed E-state index contributed by atoms with van der Waals surface area (Å²) in [4.78, 5) is 0. The monoisotopic (exact) mass is 145 g/mol. The summed E-state index contributed by atoms with van der Waals surface area (Å²) in [7, 11) is 1.66. The van der Waals surface area contributed by atoms with E-state index in [2.05, 4.69) is 0 Å². The van der Waals surface area contributed by atoms with Crippen LogP contribution in [0.15, 0.2) is 0 Å². The van der Waals surface area contributed by atoms with E-state index in [4.69, 9.17) is 15.2 Å². The van der Waals surface area contributed by atoms with E-state index >= 15 is 0 Å². The van der Waals surface area contributed by atoms with Gasteiger partial charge in [-0.15, -0.1) is 0 Å². The van der Waals surface area contributed by atoms with E-state index in [1.54, 1.807) is 7.11 Å². The lowest BCUT2D eigenvalue weighted by molar-refractivity contribution is 0.0572. The Balaban J connectivity index is 2.18. The molecule has 1 aliphatic heterocycles. The van der Waals surface area contributed by atoms with Gasteiger partial charge in [0, 0.05) is 13.7 Å². The third kappa shape index (κ3) is 1.94. The lowest BCUT2D eigenvalue weighted by Crippen LogP contribution is -2.37. The quantitative estimate of drug-likeness (QED) is 0.614. The van der Waals surface area contributed by atoms with Gasteiger partial charge in [-0.2, -0.15) is 0 Å². The molecule has 60 valence electrons. The first kappa shape index (κ1) is 7.98. The van der Waals surface area contributed by atoms with Crippen molar-refractivity contribution < 1.29 is 9.47 Å². The molecule has 0 radical (unpaired) electrons. The van der Waals surface area contributed by atoms with E-state index in [-0.39, 0.29) is 12.1 Å². The highest BCUT2D eigenvalue weighted by molar-refractivity contribution is 4.76. The van der Waals surface area contributed by atoms with Crippen LogP contribution in [0.4, 0.5) is 0 Å². The lowest BCUT2D eigenvalue weighted by Gasteiger charge is -2.16. The van der Waals surface area contributed by atoms with Crippen LogP contribution < -0.4 is 5.73 Å². The first-order valence-corrected chi connectivity index (χ1v) is 3.70. The van der Waals surface area contributed by atoms with Gasteiger partial charge in [0.1, 0.15) is 0 Å². The summed E-state index contributed by atoms with van der Waals surface area (Å²) in [5.74, 6) is 0. The SMILES string of the molecule is COC[C@H](N)[C@H]1CCCO1. The Morgan fingerprint density at radius 2 is 2.60 bits per heavy atom. The molecule has 0 aromatic rings. The standard InChI is InChI=1S/C7H15NO2/c1-9-5-6(8)7-3-2-4-10-7/h6-7H,2-5,8H2,1H3/t6-,7+/m0/s1. The second-order valence-electron chi connectivity index (χ2n) is 2.67. The van der Waals surface area contributed by atoms with Crippen LogP contribution in [0.25, 0.3) is 0 Å². The zero-order valence-electron chi connectivity index (χ0n) is 6.38. The van der Waals surface area contributed by atoms with Gasteiger partial charge in [-0.1, -0.05) is 0 Å². The molecule has 0 spiro atoms. The van der Waals surface area contributed by atoms with Gasteiger partial charge in [0.15, 0.2) is 0 Å². The van der Waals surface area contributed by atoms with Crippen LogP contribution in [0.1, 0.15) is 12.8 Å². The fraction of sp³-hybridized carbons (Fsp3) is 1.00. The van der Waals surface area contributed by atoms with Crippen LogP contribution >= 0.6 is 0 Å². The van der Waals surface area contributed by atoms with E-state index in [0.717, 1.165) is 19.4 Å². The molecule has 1 aliphatic rings. The van der Waals surface area contributed by atoms with E-state index in [1.807, 2.05) is 0 Å². The van der Waals surface area contributed by atoms with E-state index in [0.29, 0.717) is 6.61 Å². The molecule has 0 saturated carbocycles. The van der Waals surface area contributed by atoms with Gasteiger partial charge in [0.25, 0.3) is 0 Å². The second kappa shape index (κ2) is 3.91. The molecule has 0 aliphatic carbocycles. The summed E-state index contributed by atoms with van der Waals surface area (Å²) in [6.45, 7) is 1.47. The zero-order chi connectivity index (χ0) is 7.40. The Labute approximate surface area is 61.5 Å². The van der Waals surface area contributed by atoms with Crippen molar-refractivity contribution in [2.45, 2.75) is 25.0 Å². The molecule has 0 unspecified atom stereocenters. The fourth-order valence-corrected chi connectivity index (χ4v) is 1.24. The van der Waals surface area contributed by atoms with Crippen LogP contribution in [-0.2, 0) is 9.47 Å². The normalized spacial score (nSPS) is 28.8. The highest BCUT2D eigenvalue weighted by atomic mass is 16.5. The molecule has 0 bridgehead atoms. The molecule has 1 fully saturated rings. The number of methoxy groups -OCH3 is 1. The molecule has 2 N–H and O–H groups in total. The van der Waals surface area contributed by atoms with Crippen molar-refractivity contribution in [1.29, 1.82) is 0 Å². The summed E-state index contributed by atoms with van der Waals surface area (Å²) < 4.78 is 10.3. The van der Waals surface area contributed by atoms with Gasteiger partial charge in [0.2, 0.25) is 0 Å². The minimum Gasteiger partial charge on any atom is -0.383 e. The molecule has 3 heteroatoms. The Kier molecular flexibility index (Phi) is 3.12. The van der Waals surface area contributed by atoms with E-state index in [9.17, 15) is 0 Å². The van der Waals surface area contributed by atoms with Crippen molar-refractivity contribution in [2.24, 2.45) is 5.73 Å². The summed E-state index contributed by atoms with van der Waals surface area (Å²) in [6.07, 6.45) is 2.46. The molecule has 0 aromatic carbocycles. The summed E-state index contributed by atoms with van der Waals surface area (Å²) >= 11 is 0. The van der Waals surface area contributed by atoms with Gasteiger partial charge in [-0.25, -0.2) is 0 Å². The largest absolute Gasteiger partial charge is 0.383 e. The average molecular weight is 145 g/mol. The average Bonchev–Trinajstić information content (AvgIpc) is 2.38. The Hall–Kier alpha value is -0.120.